The Morgan fingerprint density at radius 3 is 2.67 bits per heavy atom. The lowest BCUT2D eigenvalue weighted by Crippen LogP contribution is -2.39. The van der Waals surface area contributed by atoms with Crippen LogP contribution in [0.15, 0.2) is 51.0 Å². The highest BCUT2D eigenvalue weighted by atomic mass is 127. The monoisotopic (exact) mass is 526 g/mol. The molecule has 1 aromatic carbocycles. The zero-order valence-corrected chi connectivity index (χ0v) is 18.9. The van der Waals surface area contributed by atoms with Crippen LogP contribution in [0.1, 0.15) is 12.5 Å². The number of hydrogen-bond donors (Lipinski definition) is 3. The second kappa shape index (κ2) is 12.3. The minimum Gasteiger partial charge on any atom is -0.357 e. The Balaban J connectivity index is 0.00000364. The maximum Gasteiger partial charge on any atom is 0.250 e. The van der Waals surface area contributed by atoms with Crippen molar-refractivity contribution in [3.63, 3.8) is 0 Å². The fourth-order valence-corrected chi connectivity index (χ4v) is 4.25. The van der Waals surface area contributed by atoms with Gasteiger partial charge in [0.15, 0.2) is 5.96 Å². The number of rotatable bonds is 9. The summed E-state index contributed by atoms with van der Waals surface area (Å²) in [6, 6.07) is 9.74. The van der Waals surface area contributed by atoms with Gasteiger partial charge in [0.05, 0.1) is 6.54 Å². The van der Waals surface area contributed by atoms with Crippen LogP contribution in [-0.4, -0.2) is 40.6 Å². The number of guanidine groups is 1. The summed E-state index contributed by atoms with van der Waals surface area (Å²) in [4.78, 5) is 4.34. The predicted molar refractivity (Wildman–Crippen MR) is 119 cm³/mol. The maximum absolute atomic E-state index is 13.2. The first kappa shape index (κ1) is 23.8. The Bertz CT molecular complexity index is 814. The molecule has 1 heterocycles. The minimum atomic E-state index is -3.46. The van der Waals surface area contributed by atoms with E-state index in [2.05, 4.69) is 20.3 Å². The van der Waals surface area contributed by atoms with Crippen molar-refractivity contribution in [2.45, 2.75) is 17.6 Å². The molecule has 0 aliphatic carbocycles. The van der Waals surface area contributed by atoms with Gasteiger partial charge < -0.3 is 10.6 Å². The van der Waals surface area contributed by atoms with Gasteiger partial charge in [0.25, 0.3) is 0 Å². The Hall–Kier alpha value is -1.24. The zero-order chi connectivity index (χ0) is 18.8. The van der Waals surface area contributed by atoms with Crippen LogP contribution in [0.5, 0.6) is 0 Å². The molecule has 0 bridgehead atoms. The molecule has 2 aromatic rings. The Kier molecular flexibility index (Phi) is 10.8. The number of thiophene rings is 1. The van der Waals surface area contributed by atoms with Crippen LogP contribution in [0.2, 0.25) is 0 Å². The van der Waals surface area contributed by atoms with Gasteiger partial charge in [0.2, 0.25) is 10.0 Å². The summed E-state index contributed by atoms with van der Waals surface area (Å²) in [5.41, 5.74) is 0.900. The molecule has 0 saturated heterocycles. The molecule has 0 spiro atoms. The van der Waals surface area contributed by atoms with E-state index in [0.29, 0.717) is 36.2 Å². The molecule has 0 atom stereocenters. The molecule has 0 radical (unpaired) electrons. The molecule has 0 fully saturated rings. The van der Waals surface area contributed by atoms with Gasteiger partial charge in [0, 0.05) is 19.6 Å². The van der Waals surface area contributed by atoms with E-state index in [-0.39, 0.29) is 36.3 Å². The third-order valence-electron chi connectivity index (χ3n) is 3.37. The zero-order valence-electron chi connectivity index (χ0n) is 14.9. The van der Waals surface area contributed by atoms with Crippen molar-refractivity contribution in [2.24, 2.45) is 4.99 Å². The van der Waals surface area contributed by atoms with Crippen molar-refractivity contribution in [1.82, 2.24) is 15.4 Å². The van der Waals surface area contributed by atoms with Gasteiger partial charge >= 0.3 is 0 Å². The first-order valence-corrected chi connectivity index (χ1v) is 10.7. The maximum atomic E-state index is 13.2. The van der Waals surface area contributed by atoms with Gasteiger partial charge in [0.1, 0.15) is 10.0 Å². The first-order chi connectivity index (χ1) is 12.5. The summed E-state index contributed by atoms with van der Waals surface area (Å²) in [7, 11) is -3.46. The fourth-order valence-electron chi connectivity index (χ4n) is 2.19. The molecule has 0 aliphatic heterocycles. The van der Waals surface area contributed by atoms with Crippen molar-refractivity contribution >= 4 is 51.3 Å². The van der Waals surface area contributed by atoms with E-state index in [0.717, 1.165) is 5.56 Å². The number of halogens is 2. The van der Waals surface area contributed by atoms with Gasteiger partial charge in [-0.3, -0.25) is 4.99 Å². The fraction of sp³-hybridized carbons (Fsp3) is 0.353. The van der Waals surface area contributed by atoms with E-state index in [4.69, 9.17) is 0 Å². The number of hydrogen-bond acceptors (Lipinski definition) is 4. The largest absolute Gasteiger partial charge is 0.357 e. The quantitative estimate of drug-likeness (QED) is 0.203. The molecule has 0 unspecified atom stereocenters. The second-order valence-electron chi connectivity index (χ2n) is 5.40. The van der Waals surface area contributed by atoms with Crippen LogP contribution < -0.4 is 15.4 Å². The van der Waals surface area contributed by atoms with Crippen molar-refractivity contribution in [1.29, 1.82) is 0 Å². The molecule has 0 amide bonds. The predicted octanol–water partition coefficient (Wildman–Crippen LogP) is 2.58. The highest BCUT2D eigenvalue weighted by molar-refractivity contribution is 14.0. The molecule has 1 aromatic heterocycles. The van der Waals surface area contributed by atoms with E-state index in [1.807, 2.05) is 13.0 Å². The van der Waals surface area contributed by atoms with Gasteiger partial charge in [-0.25, -0.2) is 17.5 Å². The van der Waals surface area contributed by atoms with E-state index < -0.39 is 10.0 Å². The van der Waals surface area contributed by atoms with Crippen LogP contribution >= 0.6 is 35.3 Å². The number of nitrogens with zero attached hydrogens (tertiary/aromatic N) is 1. The number of sulfonamides is 1. The van der Waals surface area contributed by atoms with Crippen LogP contribution in [0, 0.1) is 5.82 Å². The summed E-state index contributed by atoms with van der Waals surface area (Å²) in [5, 5.41) is 7.97. The lowest BCUT2D eigenvalue weighted by Gasteiger charge is -2.11. The van der Waals surface area contributed by atoms with Gasteiger partial charge in [-0.2, -0.15) is 0 Å². The second-order valence-corrected chi connectivity index (χ2v) is 8.34. The normalized spacial score (nSPS) is 11.7. The van der Waals surface area contributed by atoms with E-state index in [9.17, 15) is 12.8 Å². The van der Waals surface area contributed by atoms with E-state index in [1.165, 1.54) is 23.5 Å². The SMILES string of the molecule is CCNC(=NCCNS(=O)(=O)c1cccs1)NCCc1cccc(F)c1.I. The highest BCUT2D eigenvalue weighted by Gasteiger charge is 2.13. The van der Waals surface area contributed by atoms with E-state index in [1.54, 1.807) is 23.6 Å². The average molecular weight is 526 g/mol. The molecular weight excluding hydrogens is 502 g/mol. The molecule has 6 nitrogen and oxygen atoms in total. The summed E-state index contributed by atoms with van der Waals surface area (Å²) >= 11 is 1.17. The van der Waals surface area contributed by atoms with Gasteiger partial charge in [-0.05, 0) is 42.5 Å². The topological polar surface area (TPSA) is 82.6 Å². The molecule has 2 rings (SSSR count). The van der Waals surface area contributed by atoms with Gasteiger partial charge in [-0.1, -0.05) is 18.2 Å². The summed E-state index contributed by atoms with van der Waals surface area (Å²) in [6.45, 7) is 3.74. The highest BCUT2D eigenvalue weighted by Crippen LogP contribution is 2.14. The van der Waals surface area contributed by atoms with Crippen LogP contribution in [0.3, 0.4) is 0 Å². The molecule has 10 heteroatoms. The third-order valence-corrected chi connectivity index (χ3v) is 6.23. The Labute approximate surface area is 180 Å². The standard InChI is InChI=1S/C17H23FN4O2S2.HI/c1-2-19-17(20-9-8-14-5-3-6-15(18)13-14)21-10-11-22-26(23,24)16-7-4-12-25-16;/h3-7,12-13,22H,2,8-11H2,1H3,(H2,19,20,21);1H. The Morgan fingerprint density at radius 1 is 1.19 bits per heavy atom. The van der Waals surface area contributed by atoms with Crippen LogP contribution in [0.25, 0.3) is 0 Å². The molecular formula is C17H24FIN4O2S2. The number of benzene rings is 1. The summed E-state index contributed by atoms with van der Waals surface area (Å²) in [6.07, 6.45) is 0.660. The lowest BCUT2D eigenvalue weighted by molar-refractivity contribution is 0.584. The molecule has 27 heavy (non-hydrogen) atoms. The van der Waals surface area contributed by atoms with E-state index >= 15 is 0 Å². The smallest absolute Gasteiger partial charge is 0.250 e. The van der Waals surface area contributed by atoms with Crippen LogP contribution in [-0.2, 0) is 16.4 Å². The van der Waals surface area contributed by atoms with Crippen molar-refractivity contribution in [3.05, 3.63) is 53.2 Å². The summed E-state index contributed by atoms with van der Waals surface area (Å²) < 4.78 is 40.0. The average Bonchev–Trinajstić information content (AvgIpc) is 3.14. The summed E-state index contributed by atoms with van der Waals surface area (Å²) in [5.74, 6) is 0.348. The molecule has 3 N–H and O–H groups in total. The van der Waals surface area contributed by atoms with Crippen molar-refractivity contribution in [2.75, 3.05) is 26.2 Å². The first-order valence-electron chi connectivity index (χ1n) is 8.31. The molecule has 0 aliphatic rings. The van der Waals surface area contributed by atoms with Crippen LogP contribution in [0.4, 0.5) is 4.39 Å². The number of aliphatic imine (C=N–C) groups is 1. The molecule has 150 valence electrons. The molecule has 0 saturated carbocycles. The lowest BCUT2D eigenvalue weighted by atomic mass is 10.1. The number of nitrogens with one attached hydrogen (secondary N) is 3. The van der Waals surface area contributed by atoms with Crippen molar-refractivity contribution in [3.8, 4) is 0 Å². The Morgan fingerprint density at radius 2 is 2.00 bits per heavy atom. The third kappa shape index (κ3) is 8.54. The van der Waals surface area contributed by atoms with Crippen molar-refractivity contribution < 1.29 is 12.8 Å². The minimum absolute atomic E-state index is 0. The van der Waals surface area contributed by atoms with Gasteiger partial charge in [-0.15, -0.1) is 35.3 Å².